The van der Waals surface area contributed by atoms with E-state index in [-0.39, 0.29) is 13.2 Å². The highest BCUT2D eigenvalue weighted by molar-refractivity contribution is 9.10. The lowest BCUT2D eigenvalue weighted by atomic mass is 10.1. The fourth-order valence-electron chi connectivity index (χ4n) is 2.59. The maximum atomic E-state index is 11.9. The number of benzene rings is 3. The first kappa shape index (κ1) is 21.4. The standard InChI is InChI=1S/C23H21BrN2O4/c1-16-13-20(11-12-21(16)24)30-15-23(28)26-25-22(27)14-29-19-9-7-18(8-10-19)17-5-3-2-4-6-17/h2-13H,14-15H2,1H3,(H,25,27)(H,26,28). The predicted molar refractivity (Wildman–Crippen MR) is 118 cm³/mol. The van der Waals surface area contributed by atoms with Gasteiger partial charge in [0.25, 0.3) is 11.8 Å². The van der Waals surface area contributed by atoms with Crippen LogP contribution in [0, 0.1) is 6.92 Å². The van der Waals surface area contributed by atoms with Gasteiger partial charge in [0.15, 0.2) is 13.2 Å². The molecule has 0 aliphatic rings. The molecular formula is C23H21BrN2O4. The topological polar surface area (TPSA) is 76.7 Å². The van der Waals surface area contributed by atoms with Crippen LogP contribution in [-0.4, -0.2) is 25.0 Å². The quantitative estimate of drug-likeness (QED) is 0.513. The molecule has 3 rings (SSSR count). The van der Waals surface area contributed by atoms with Crippen LogP contribution < -0.4 is 20.3 Å². The second kappa shape index (κ2) is 10.5. The average Bonchev–Trinajstić information content (AvgIpc) is 2.78. The predicted octanol–water partition coefficient (Wildman–Crippen LogP) is 4.03. The van der Waals surface area contributed by atoms with Crippen LogP contribution in [0.25, 0.3) is 11.1 Å². The summed E-state index contributed by atoms with van der Waals surface area (Å²) in [7, 11) is 0. The molecule has 0 unspecified atom stereocenters. The zero-order valence-electron chi connectivity index (χ0n) is 16.4. The second-order valence-electron chi connectivity index (χ2n) is 6.48. The average molecular weight is 469 g/mol. The molecule has 0 saturated heterocycles. The third kappa shape index (κ3) is 6.35. The first-order valence-corrected chi connectivity index (χ1v) is 10.1. The molecule has 0 aromatic heterocycles. The minimum atomic E-state index is -0.477. The van der Waals surface area contributed by atoms with Crippen LogP contribution in [-0.2, 0) is 9.59 Å². The van der Waals surface area contributed by atoms with Gasteiger partial charge in [-0.15, -0.1) is 0 Å². The zero-order chi connectivity index (χ0) is 21.3. The van der Waals surface area contributed by atoms with E-state index >= 15 is 0 Å². The van der Waals surface area contributed by atoms with E-state index in [2.05, 4.69) is 26.8 Å². The maximum Gasteiger partial charge on any atom is 0.276 e. The summed E-state index contributed by atoms with van der Waals surface area (Å²) in [6.45, 7) is 1.48. The molecule has 2 N–H and O–H groups in total. The van der Waals surface area contributed by atoms with Crippen molar-refractivity contribution >= 4 is 27.7 Å². The number of carbonyl (C=O) groups is 2. The summed E-state index contributed by atoms with van der Waals surface area (Å²) in [6, 6.07) is 22.8. The Balaban J connectivity index is 1.38. The minimum absolute atomic E-state index is 0.219. The first-order valence-electron chi connectivity index (χ1n) is 9.26. The van der Waals surface area contributed by atoms with Gasteiger partial charge < -0.3 is 9.47 Å². The molecule has 0 aliphatic heterocycles. The Morgan fingerprint density at radius 2 is 1.30 bits per heavy atom. The van der Waals surface area contributed by atoms with E-state index in [0.29, 0.717) is 11.5 Å². The Hall–Kier alpha value is -3.32. The van der Waals surface area contributed by atoms with Crippen LogP contribution in [0.2, 0.25) is 0 Å². The second-order valence-corrected chi connectivity index (χ2v) is 7.33. The SMILES string of the molecule is Cc1cc(OCC(=O)NNC(=O)COc2ccc(-c3ccccc3)cc2)ccc1Br. The van der Waals surface area contributed by atoms with Gasteiger partial charge in [-0.05, 0) is 53.9 Å². The van der Waals surface area contributed by atoms with Crippen molar-refractivity contribution in [3.8, 4) is 22.6 Å². The fraction of sp³-hybridized carbons (Fsp3) is 0.130. The van der Waals surface area contributed by atoms with Crippen molar-refractivity contribution in [2.75, 3.05) is 13.2 Å². The molecule has 0 radical (unpaired) electrons. The molecule has 30 heavy (non-hydrogen) atoms. The minimum Gasteiger partial charge on any atom is -0.484 e. The van der Waals surface area contributed by atoms with Crippen molar-refractivity contribution in [1.29, 1.82) is 0 Å². The number of nitrogens with one attached hydrogen (secondary N) is 2. The Morgan fingerprint density at radius 1 is 0.767 bits per heavy atom. The smallest absolute Gasteiger partial charge is 0.276 e. The summed E-state index contributed by atoms with van der Waals surface area (Å²) in [5.41, 5.74) is 7.74. The van der Waals surface area contributed by atoms with E-state index in [1.54, 1.807) is 18.2 Å². The molecule has 0 aliphatic carbocycles. The molecule has 0 spiro atoms. The van der Waals surface area contributed by atoms with Crippen LogP contribution in [0.4, 0.5) is 0 Å². The molecule has 0 heterocycles. The largest absolute Gasteiger partial charge is 0.484 e. The Kier molecular flexibility index (Phi) is 7.45. The molecule has 154 valence electrons. The van der Waals surface area contributed by atoms with Gasteiger partial charge in [0, 0.05) is 4.47 Å². The molecule has 0 bridgehead atoms. The van der Waals surface area contributed by atoms with Gasteiger partial charge in [-0.2, -0.15) is 0 Å². The van der Waals surface area contributed by atoms with Crippen molar-refractivity contribution in [3.05, 3.63) is 82.8 Å². The van der Waals surface area contributed by atoms with E-state index in [1.807, 2.05) is 61.5 Å². The van der Waals surface area contributed by atoms with Gasteiger partial charge in [-0.1, -0.05) is 58.4 Å². The number of hydrogen-bond donors (Lipinski definition) is 2. The number of hydrogen-bond acceptors (Lipinski definition) is 4. The van der Waals surface area contributed by atoms with E-state index in [0.717, 1.165) is 21.2 Å². The molecule has 2 amide bonds. The fourth-order valence-corrected chi connectivity index (χ4v) is 2.84. The van der Waals surface area contributed by atoms with Crippen molar-refractivity contribution in [2.24, 2.45) is 0 Å². The monoisotopic (exact) mass is 468 g/mol. The molecule has 0 saturated carbocycles. The number of amides is 2. The molecule has 3 aromatic rings. The lowest BCUT2D eigenvalue weighted by Crippen LogP contribution is -2.45. The van der Waals surface area contributed by atoms with Crippen molar-refractivity contribution < 1.29 is 19.1 Å². The summed E-state index contributed by atoms with van der Waals surface area (Å²) in [5, 5.41) is 0. The summed E-state index contributed by atoms with van der Waals surface area (Å²) in [6.07, 6.45) is 0. The highest BCUT2D eigenvalue weighted by Gasteiger charge is 2.07. The molecule has 0 fully saturated rings. The zero-order valence-corrected chi connectivity index (χ0v) is 17.9. The van der Waals surface area contributed by atoms with Crippen molar-refractivity contribution in [1.82, 2.24) is 10.9 Å². The number of aryl methyl sites for hydroxylation is 1. The van der Waals surface area contributed by atoms with Gasteiger partial charge in [0.2, 0.25) is 0 Å². The molecule has 3 aromatic carbocycles. The first-order chi connectivity index (χ1) is 14.5. The number of halogens is 1. The summed E-state index contributed by atoms with van der Waals surface area (Å²) >= 11 is 3.40. The van der Waals surface area contributed by atoms with Gasteiger partial charge in [-0.25, -0.2) is 0 Å². The normalized spacial score (nSPS) is 10.2. The van der Waals surface area contributed by atoms with Gasteiger partial charge in [0.1, 0.15) is 11.5 Å². The highest BCUT2D eigenvalue weighted by Crippen LogP contribution is 2.22. The third-order valence-corrected chi connectivity index (χ3v) is 5.06. The van der Waals surface area contributed by atoms with Gasteiger partial charge >= 0.3 is 0 Å². The van der Waals surface area contributed by atoms with E-state index in [9.17, 15) is 9.59 Å². The number of hydrazine groups is 1. The summed E-state index contributed by atoms with van der Waals surface area (Å²) < 4.78 is 11.8. The van der Waals surface area contributed by atoms with Crippen LogP contribution in [0.1, 0.15) is 5.56 Å². The van der Waals surface area contributed by atoms with E-state index < -0.39 is 11.8 Å². The molecule has 0 atom stereocenters. The van der Waals surface area contributed by atoms with Gasteiger partial charge in [0.05, 0.1) is 0 Å². The lowest BCUT2D eigenvalue weighted by Gasteiger charge is -2.10. The van der Waals surface area contributed by atoms with Crippen LogP contribution in [0.15, 0.2) is 77.3 Å². The number of carbonyl (C=O) groups excluding carboxylic acids is 2. The van der Waals surface area contributed by atoms with Gasteiger partial charge in [-0.3, -0.25) is 20.4 Å². The molecular weight excluding hydrogens is 448 g/mol. The lowest BCUT2D eigenvalue weighted by molar-refractivity contribution is -0.131. The number of ether oxygens (including phenoxy) is 2. The summed E-state index contributed by atoms with van der Waals surface area (Å²) in [4.78, 5) is 23.7. The van der Waals surface area contributed by atoms with E-state index in [1.165, 1.54) is 0 Å². The van der Waals surface area contributed by atoms with Crippen LogP contribution in [0.3, 0.4) is 0 Å². The Morgan fingerprint density at radius 3 is 1.90 bits per heavy atom. The third-order valence-electron chi connectivity index (χ3n) is 4.17. The Labute approximate surface area is 183 Å². The van der Waals surface area contributed by atoms with Crippen LogP contribution >= 0.6 is 15.9 Å². The number of rotatable bonds is 7. The Bertz CT molecular complexity index is 1010. The summed E-state index contributed by atoms with van der Waals surface area (Å²) in [5.74, 6) is 0.177. The van der Waals surface area contributed by atoms with Crippen molar-refractivity contribution in [2.45, 2.75) is 6.92 Å². The molecule has 7 heteroatoms. The highest BCUT2D eigenvalue weighted by atomic mass is 79.9. The maximum absolute atomic E-state index is 11.9. The molecule has 6 nitrogen and oxygen atoms in total. The van der Waals surface area contributed by atoms with E-state index in [4.69, 9.17) is 9.47 Å². The van der Waals surface area contributed by atoms with Crippen molar-refractivity contribution in [3.63, 3.8) is 0 Å². The van der Waals surface area contributed by atoms with Crippen LogP contribution in [0.5, 0.6) is 11.5 Å².